The zero-order chi connectivity index (χ0) is 14.4. The number of carbonyl (C=O) groups is 1. The van der Waals surface area contributed by atoms with E-state index < -0.39 is 0 Å². The van der Waals surface area contributed by atoms with Crippen molar-refractivity contribution >= 4 is 17.5 Å². The van der Waals surface area contributed by atoms with E-state index in [0.29, 0.717) is 6.54 Å². The lowest BCUT2D eigenvalue weighted by Crippen LogP contribution is -2.40. The smallest absolute Gasteiger partial charge is 0.236 e. The van der Waals surface area contributed by atoms with Gasteiger partial charge < -0.3 is 10.2 Å². The largest absolute Gasteiger partial charge is 0.340 e. The molecule has 1 fully saturated rings. The first kappa shape index (κ1) is 15.3. The zero-order valence-electron chi connectivity index (χ0n) is 11.9. The number of amides is 1. The molecule has 1 heterocycles. The molecule has 0 aliphatic carbocycles. The quantitative estimate of drug-likeness (QED) is 0.916. The van der Waals surface area contributed by atoms with Gasteiger partial charge in [-0.25, -0.2) is 0 Å². The topological polar surface area (TPSA) is 35.6 Å². The van der Waals surface area contributed by atoms with Gasteiger partial charge in [0.2, 0.25) is 5.91 Å². The summed E-state index contributed by atoms with van der Waals surface area (Å²) in [6.45, 7) is 4.79. The van der Waals surface area contributed by atoms with Crippen LogP contribution in [0.4, 0.5) is 0 Å². The number of hydrogen-bond acceptors (Lipinski definition) is 3. The molecule has 1 aliphatic heterocycles. The highest BCUT2D eigenvalue weighted by Gasteiger charge is 2.16. The minimum atomic E-state index is 0.213. The van der Waals surface area contributed by atoms with Gasteiger partial charge in [-0.3, -0.25) is 9.69 Å². The second-order valence-corrected chi connectivity index (χ2v) is 5.72. The van der Waals surface area contributed by atoms with Crippen LogP contribution in [0.2, 0.25) is 5.02 Å². The van der Waals surface area contributed by atoms with Crippen LogP contribution in [0.1, 0.15) is 12.0 Å². The summed E-state index contributed by atoms with van der Waals surface area (Å²) in [6, 6.07) is 7.76. The van der Waals surface area contributed by atoms with Gasteiger partial charge in [0.1, 0.15) is 0 Å². The fraction of sp³-hybridized carbons (Fsp3) is 0.533. The van der Waals surface area contributed by atoms with E-state index >= 15 is 0 Å². The molecule has 1 N–H and O–H groups in total. The molecule has 1 aromatic rings. The molecule has 0 unspecified atom stereocenters. The van der Waals surface area contributed by atoms with Gasteiger partial charge in [-0.05, 0) is 37.7 Å². The summed E-state index contributed by atoms with van der Waals surface area (Å²) in [5.41, 5.74) is 1.17. The van der Waals surface area contributed by atoms with E-state index in [2.05, 4.69) is 5.32 Å². The molecule has 1 saturated heterocycles. The average molecular weight is 296 g/mol. The molecule has 4 nitrogen and oxygen atoms in total. The highest BCUT2D eigenvalue weighted by atomic mass is 35.5. The summed E-state index contributed by atoms with van der Waals surface area (Å²) < 4.78 is 0. The monoisotopic (exact) mass is 295 g/mol. The van der Waals surface area contributed by atoms with Gasteiger partial charge in [-0.1, -0.05) is 23.7 Å². The second kappa shape index (κ2) is 7.62. The Labute approximate surface area is 125 Å². The van der Waals surface area contributed by atoms with Crippen LogP contribution in [-0.2, 0) is 11.3 Å². The summed E-state index contributed by atoms with van der Waals surface area (Å²) in [6.07, 6.45) is 1.03. The third-order valence-corrected chi connectivity index (χ3v) is 3.72. The van der Waals surface area contributed by atoms with Crippen molar-refractivity contribution in [1.29, 1.82) is 0 Å². The van der Waals surface area contributed by atoms with Crippen LogP contribution in [0.5, 0.6) is 0 Å². The highest BCUT2D eigenvalue weighted by molar-refractivity contribution is 6.30. The molecular formula is C15H22ClN3O. The number of rotatable bonds is 4. The maximum atomic E-state index is 12.2. The third-order valence-electron chi connectivity index (χ3n) is 3.46. The molecule has 0 spiro atoms. The molecule has 0 atom stereocenters. The van der Waals surface area contributed by atoms with E-state index in [1.807, 2.05) is 41.1 Å². The van der Waals surface area contributed by atoms with E-state index in [4.69, 9.17) is 11.6 Å². The van der Waals surface area contributed by atoms with Crippen molar-refractivity contribution in [2.24, 2.45) is 0 Å². The van der Waals surface area contributed by atoms with Gasteiger partial charge in [0.15, 0.2) is 0 Å². The lowest BCUT2D eigenvalue weighted by atomic mass is 10.2. The summed E-state index contributed by atoms with van der Waals surface area (Å²) in [4.78, 5) is 16.2. The molecule has 2 rings (SSSR count). The van der Waals surface area contributed by atoms with E-state index in [9.17, 15) is 4.79 Å². The van der Waals surface area contributed by atoms with Crippen molar-refractivity contribution in [2.45, 2.75) is 13.0 Å². The Kier molecular flexibility index (Phi) is 5.83. The molecule has 0 radical (unpaired) electrons. The fourth-order valence-corrected chi connectivity index (χ4v) is 2.51. The SMILES string of the molecule is CN(CC(=O)N1CCCNCC1)Cc1ccc(Cl)cc1. The number of hydrogen-bond donors (Lipinski definition) is 1. The van der Waals surface area contributed by atoms with Crippen LogP contribution in [0.3, 0.4) is 0 Å². The molecule has 110 valence electrons. The molecular weight excluding hydrogens is 274 g/mol. The van der Waals surface area contributed by atoms with Gasteiger partial charge in [-0.2, -0.15) is 0 Å². The van der Waals surface area contributed by atoms with E-state index in [-0.39, 0.29) is 5.91 Å². The molecule has 1 aliphatic rings. The Morgan fingerprint density at radius 2 is 2.05 bits per heavy atom. The Hall–Kier alpha value is -1.10. The zero-order valence-corrected chi connectivity index (χ0v) is 12.7. The summed E-state index contributed by atoms with van der Waals surface area (Å²) >= 11 is 5.87. The fourth-order valence-electron chi connectivity index (χ4n) is 2.38. The molecule has 20 heavy (non-hydrogen) atoms. The standard InChI is InChI=1S/C15H22ClN3O/c1-18(11-13-3-5-14(16)6-4-13)12-15(20)19-9-2-7-17-8-10-19/h3-6,17H,2,7-12H2,1H3. The first-order chi connectivity index (χ1) is 9.65. The first-order valence-corrected chi connectivity index (χ1v) is 7.44. The predicted molar refractivity (Wildman–Crippen MR) is 81.9 cm³/mol. The average Bonchev–Trinajstić information content (AvgIpc) is 2.70. The summed E-state index contributed by atoms with van der Waals surface area (Å²) in [5.74, 6) is 0.213. The van der Waals surface area contributed by atoms with Crippen molar-refractivity contribution in [3.05, 3.63) is 34.9 Å². The van der Waals surface area contributed by atoms with Gasteiger partial charge >= 0.3 is 0 Å². The van der Waals surface area contributed by atoms with Gasteiger partial charge in [0.05, 0.1) is 6.54 Å². The minimum absolute atomic E-state index is 0.213. The normalized spacial score (nSPS) is 16.2. The van der Waals surface area contributed by atoms with Gasteiger partial charge in [0.25, 0.3) is 0 Å². The minimum Gasteiger partial charge on any atom is -0.340 e. The van der Waals surface area contributed by atoms with Crippen LogP contribution >= 0.6 is 11.6 Å². The highest BCUT2D eigenvalue weighted by Crippen LogP contribution is 2.11. The number of likely N-dealkylation sites (N-methyl/N-ethyl adjacent to an activating group) is 1. The maximum absolute atomic E-state index is 12.2. The van der Waals surface area contributed by atoms with Crippen molar-refractivity contribution < 1.29 is 4.79 Å². The third kappa shape index (κ3) is 4.78. The van der Waals surface area contributed by atoms with E-state index in [1.165, 1.54) is 5.56 Å². The van der Waals surface area contributed by atoms with Crippen molar-refractivity contribution in [1.82, 2.24) is 15.1 Å². The number of halogens is 1. The molecule has 1 aromatic carbocycles. The lowest BCUT2D eigenvalue weighted by Gasteiger charge is -2.24. The van der Waals surface area contributed by atoms with Crippen molar-refractivity contribution in [3.63, 3.8) is 0 Å². The van der Waals surface area contributed by atoms with Gasteiger partial charge in [0, 0.05) is 31.2 Å². The van der Waals surface area contributed by atoms with Crippen LogP contribution < -0.4 is 5.32 Å². The maximum Gasteiger partial charge on any atom is 0.236 e. The number of nitrogens with zero attached hydrogens (tertiary/aromatic N) is 2. The molecule has 1 amide bonds. The van der Waals surface area contributed by atoms with Crippen LogP contribution in [0.15, 0.2) is 24.3 Å². The number of carbonyl (C=O) groups excluding carboxylic acids is 1. The van der Waals surface area contributed by atoms with Crippen LogP contribution in [-0.4, -0.2) is 55.5 Å². The number of benzene rings is 1. The lowest BCUT2D eigenvalue weighted by molar-refractivity contribution is -0.132. The molecule has 0 bridgehead atoms. The Morgan fingerprint density at radius 3 is 2.80 bits per heavy atom. The Bertz CT molecular complexity index is 427. The summed E-state index contributed by atoms with van der Waals surface area (Å²) in [5, 5.41) is 4.05. The molecule has 0 saturated carbocycles. The van der Waals surface area contributed by atoms with Crippen molar-refractivity contribution in [2.75, 3.05) is 39.8 Å². The van der Waals surface area contributed by atoms with Gasteiger partial charge in [-0.15, -0.1) is 0 Å². The van der Waals surface area contributed by atoms with Crippen LogP contribution in [0.25, 0.3) is 0 Å². The Balaban J connectivity index is 1.82. The molecule has 5 heteroatoms. The second-order valence-electron chi connectivity index (χ2n) is 5.28. The van der Waals surface area contributed by atoms with E-state index in [0.717, 1.165) is 44.2 Å². The summed E-state index contributed by atoms with van der Waals surface area (Å²) in [7, 11) is 1.97. The first-order valence-electron chi connectivity index (χ1n) is 7.06. The van der Waals surface area contributed by atoms with Crippen molar-refractivity contribution in [3.8, 4) is 0 Å². The number of nitrogens with one attached hydrogen (secondary N) is 1. The van der Waals surface area contributed by atoms with E-state index in [1.54, 1.807) is 0 Å². The molecule has 0 aromatic heterocycles. The van der Waals surface area contributed by atoms with Crippen LogP contribution in [0, 0.1) is 0 Å². The predicted octanol–water partition coefficient (Wildman–Crippen LogP) is 1.59. The Morgan fingerprint density at radius 1 is 1.30 bits per heavy atom.